The molecule has 0 saturated carbocycles. The highest BCUT2D eigenvalue weighted by molar-refractivity contribution is 7.47. The lowest BCUT2D eigenvalue weighted by molar-refractivity contribution is -0.161. The van der Waals surface area contributed by atoms with Crippen LogP contribution < -0.4 is 0 Å². The van der Waals surface area contributed by atoms with E-state index in [1.165, 1.54) is 38.5 Å². The van der Waals surface area contributed by atoms with Crippen LogP contribution in [0, 0.1) is 0 Å². The van der Waals surface area contributed by atoms with Crippen LogP contribution in [0.1, 0.15) is 155 Å². The van der Waals surface area contributed by atoms with Crippen molar-refractivity contribution in [1.29, 1.82) is 0 Å². The molecule has 11 heteroatoms. The molecule has 316 valence electrons. The number of phosphoric ester groups is 1. The number of carbonyl (C=O) groups excluding carboxylic acids is 2. The van der Waals surface area contributed by atoms with Gasteiger partial charge in [-0.2, -0.15) is 0 Å². The van der Waals surface area contributed by atoms with Crippen LogP contribution >= 0.6 is 7.82 Å². The van der Waals surface area contributed by atoms with Crippen molar-refractivity contribution in [3.63, 3.8) is 0 Å². The molecule has 55 heavy (non-hydrogen) atoms. The van der Waals surface area contributed by atoms with Crippen molar-refractivity contribution in [2.75, 3.05) is 26.4 Å². The van der Waals surface area contributed by atoms with E-state index in [0.717, 1.165) is 70.6 Å². The van der Waals surface area contributed by atoms with Crippen LogP contribution in [0.4, 0.5) is 0 Å². The number of allylic oxidation sites excluding steroid dienone is 12. The molecule has 0 rings (SSSR count). The number of hydrogen-bond acceptors (Lipinski definition) is 9. The van der Waals surface area contributed by atoms with E-state index in [-0.39, 0.29) is 19.4 Å². The van der Waals surface area contributed by atoms with E-state index in [0.29, 0.717) is 19.3 Å². The molecule has 1 unspecified atom stereocenters. The van der Waals surface area contributed by atoms with Gasteiger partial charge in [0, 0.05) is 12.8 Å². The summed E-state index contributed by atoms with van der Waals surface area (Å²) in [5, 5.41) is 18.3. The molecule has 0 aromatic rings. The molecule has 0 aromatic heterocycles. The minimum atomic E-state index is -4.63. The molecule has 3 N–H and O–H groups in total. The second-order valence-electron chi connectivity index (χ2n) is 13.6. The summed E-state index contributed by atoms with van der Waals surface area (Å²) in [7, 11) is -4.63. The van der Waals surface area contributed by atoms with Crippen LogP contribution in [0.25, 0.3) is 0 Å². The van der Waals surface area contributed by atoms with Gasteiger partial charge in [-0.15, -0.1) is 0 Å². The van der Waals surface area contributed by atoms with Crippen LogP contribution in [0.5, 0.6) is 0 Å². The van der Waals surface area contributed by atoms with Crippen LogP contribution in [-0.2, 0) is 32.7 Å². The van der Waals surface area contributed by atoms with Crippen LogP contribution in [0.2, 0.25) is 0 Å². The molecular weight excluding hydrogens is 719 g/mol. The molecule has 0 aliphatic rings. The fraction of sp³-hybridized carbons (Fsp3) is 0.682. The number of carbonyl (C=O) groups is 2. The van der Waals surface area contributed by atoms with E-state index in [4.69, 9.17) is 19.1 Å². The standard InChI is InChI=1S/C44H75O10P/c1-3-5-7-9-11-13-15-17-19-20-22-23-25-27-29-31-33-35-43(47)51-39-42(40-53-55(49,50)52-38-41(46)37-45)54-44(48)36-34-32-30-28-26-24-21-18-16-14-12-10-8-6-4-2/h5,7,11,13,17-19,21-23,27,29,41-42,45-46H,3-4,6,8-10,12,14-16,20,24-26,28,30-40H2,1-2H3,(H,49,50)/b7-5-,13-11-,19-17-,21-18-,23-22-,29-27-/t41-,42+/m0/s1. The Labute approximate surface area is 333 Å². The Bertz CT molecular complexity index is 1140. The molecule has 0 aliphatic heterocycles. The molecule has 0 radical (unpaired) electrons. The molecule has 0 fully saturated rings. The monoisotopic (exact) mass is 795 g/mol. The minimum Gasteiger partial charge on any atom is -0.462 e. The van der Waals surface area contributed by atoms with Gasteiger partial charge in [0.25, 0.3) is 0 Å². The highest BCUT2D eigenvalue weighted by atomic mass is 31.2. The normalized spacial score (nSPS) is 14.6. The van der Waals surface area contributed by atoms with Crippen molar-refractivity contribution in [1.82, 2.24) is 0 Å². The van der Waals surface area contributed by atoms with E-state index >= 15 is 0 Å². The molecule has 10 nitrogen and oxygen atoms in total. The fourth-order valence-corrected chi connectivity index (χ4v) is 5.93. The van der Waals surface area contributed by atoms with E-state index in [1.807, 2.05) is 6.08 Å². The van der Waals surface area contributed by atoms with E-state index < -0.39 is 51.8 Å². The number of aliphatic hydroxyl groups is 2. The van der Waals surface area contributed by atoms with Gasteiger partial charge >= 0.3 is 19.8 Å². The SMILES string of the molecule is CC/C=C\C/C=C\C/C=C\C/C=C\C/C=C\CCCC(=O)OC[C@H](COP(=O)(O)OC[C@@H](O)CO)OC(=O)CCCCCCC/C=C\CCCCCCCC. The number of rotatable bonds is 38. The second-order valence-corrected chi connectivity index (χ2v) is 15.1. The molecule has 0 heterocycles. The molecular formula is C44H75O10P. The summed E-state index contributed by atoms with van der Waals surface area (Å²) in [5.41, 5.74) is 0. The maximum Gasteiger partial charge on any atom is 0.472 e. The van der Waals surface area contributed by atoms with Gasteiger partial charge in [0.05, 0.1) is 19.8 Å². The van der Waals surface area contributed by atoms with Gasteiger partial charge in [-0.25, -0.2) is 4.57 Å². The Balaban J connectivity index is 4.44. The van der Waals surface area contributed by atoms with Gasteiger partial charge in [0.1, 0.15) is 12.7 Å². The van der Waals surface area contributed by atoms with Crippen molar-refractivity contribution in [3.8, 4) is 0 Å². The third-order valence-corrected chi connectivity index (χ3v) is 9.30. The number of aliphatic hydroxyl groups excluding tert-OH is 2. The van der Waals surface area contributed by atoms with Gasteiger partial charge in [0.15, 0.2) is 6.10 Å². The number of unbranched alkanes of at least 4 members (excludes halogenated alkanes) is 12. The average molecular weight is 795 g/mol. The first-order valence-electron chi connectivity index (χ1n) is 20.9. The zero-order valence-corrected chi connectivity index (χ0v) is 35.0. The Morgan fingerprint density at radius 1 is 0.564 bits per heavy atom. The number of phosphoric acid groups is 1. The summed E-state index contributed by atoms with van der Waals surface area (Å²) in [6.45, 7) is 2.17. The Morgan fingerprint density at radius 3 is 1.58 bits per heavy atom. The molecule has 3 atom stereocenters. The van der Waals surface area contributed by atoms with Crippen molar-refractivity contribution < 1.29 is 47.8 Å². The van der Waals surface area contributed by atoms with Gasteiger partial charge in [-0.1, -0.05) is 138 Å². The number of esters is 2. The third kappa shape index (κ3) is 39.4. The van der Waals surface area contributed by atoms with Gasteiger partial charge in [0.2, 0.25) is 0 Å². The lowest BCUT2D eigenvalue weighted by Crippen LogP contribution is -2.29. The first-order valence-corrected chi connectivity index (χ1v) is 22.4. The zero-order chi connectivity index (χ0) is 40.5. The fourth-order valence-electron chi connectivity index (χ4n) is 5.14. The number of hydrogen-bond donors (Lipinski definition) is 3. The Morgan fingerprint density at radius 2 is 1.02 bits per heavy atom. The van der Waals surface area contributed by atoms with Gasteiger partial charge < -0.3 is 24.6 Å². The molecule has 0 spiro atoms. The van der Waals surface area contributed by atoms with Crippen molar-refractivity contribution >= 4 is 19.8 Å². The van der Waals surface area contributed by atoms with Gasteiger partial charge in [-0.05, 0) is 77.0 Å². The predicted molar refractivity (Wildman–Crippen MR) is 223 cm³/mol. The zero-order valence-electron chi connectivity index (χ0n) is 34.1. The smallest absolute Gasteiger partial charge is 0.462 e. The molecule has 0 amide bonds. The summed E-state index contributed by atoms with van der Waals surface area (Å²) >= 11 is 0. The lowest BCUT2D eigenvalue weighted by atomic mass is 10.1. The molecule has 0 bridgehead atoms. The van der Waals surface area contributed by atoms with Crippen LogP contribution in [0.3, 0.4) is 0 Å². The minimum absolute atomic E-state index is 0.158. The molecule has 0 aliphatic carbocycles. The first kappa shape index (κ1) is 52.4. The molecule has 0 saturated heterocycles. The summed E-state index contributed by atoms with van der Waals surface area (Å²) in [5.74, 6) is -1.01. The van der Waals surface area contributed by atoms with Crippen molar-refractivity contribution in [2.24, 2.45) is 0 Å². The Hall–Kier alpha value is -2.59. The largest absolute Gasteiger partial charge is 0.472 e. The summed E-state index contributed by atoms with van der Waals surface area (Å²) in [6.07, 6.45) is 44.4. The summed E-state index contributed by atoms with van der Waals surface area (Å²) in [6, 6.07) is 0. The maximum absolute atomic E-state index is 12.6. The maximum atomic E-state index is 12.6. The van der Waals surface area contributed by atoms with Crippen molar-refractivity contribution in [2.45, 2.75) is 167 Å². The molecule has 0 aromatic carbocycles. The summed E-state index contributed by atoms with van der Waals surface area (Å²) in [4.78, 5) is 34.9. The predicted octanol–water partition coefficient (Wildman–Crippen LogP) is 10.9. The topological polar surface area (TPSA) is 149 Å². The van der Waals surface area contributed by atoms with E-state index in [2.05, 4.69) is 85.2 Å². The summed E-state index contributed by atoms with van der Waals surface area (Å²) < 4.78 is 32.6. The van der Waals surface area contributed by atoms with E-state index in [1.54, 1.807) is 0 Å². The van der Waals surface area contributed by atoms with Gasteiger partial charge in [-0.3, -0.25) is 18.6 Å². The second kappa shape index (κ2) is 39.6. The highest BCUT2D eigenvalue weighted by Gasteiger charge is 2.27. The number of ether oxygens (including phenoxy) is 2. The quantitative estimate of drug-likeness (QED) is 0.0239. The van der Waals surface area contributed by atoms with Crippen LogP contribution in [0.15, 0.2) is 72.9 Å². The van der Waals surface area contributed by atoms with Crippen molar-refractivity contribution in [3.05, 3.63) is 72.9 Å². The highest BCUT2D eigenvalue weighted by Crippen LogP contribution is 2.43. The lowest BCUT2D eigenvalue weighted by Gasteiger charge is -2.20. The Kier molecular flexibility index (Phi) is 37.8. The average Bonchev–Trinajstić information content (AvgIpc) is 3.17. The third-order valence-electron chi connectivity index (χ3n) is 8.34. The van der Waals surface area contributed by atoms with E-state index in [9.17, 15) is 24.2 Å². The van der Waals surface area contributed by atoms with Crippen LogP contribution in [-0.4, -0.2) is 65.7 Å². The first-order chi connectivity index (χ1) is 26.7.